The van der Waals surface area contributed by atoms with Gasteiger partial charge in [-0.05, 0) is 55.3 Å². The first-order valence-electron chi connectivity index (χ1n) is 12.4. The minimum atomic E-state index is -4.55. The average molecular weight is 534 g/mol. The van der Waals surface area contributed by atoms with Gasteiger partial charge in [-0.1, -0.05) is 24.0 Å². The van der Waals surface area contributed by atoms with E-state index in [0.717, 1.165) is 22.7 Å². The summed E-state index contributed by atoms with van der Waals surface area (Å²) in [6.45, 7) is 6.04. The third-order valence-electron chi connectivity index (χ3n) is 6.62. The van der Waals surface area contributed by atoms with Crippen molar-refractivity contribution >= 4 is 22.6 Å². The molecular formula is C29H26F3N5O2. The quantitative estimate of drug-likeness (QED) is 0.358. The molecular weight excluding hydrogens is 507 g/mol. The molecule has 0 atom stereocenters. The van der Waals surface area contributed by atoms with E-state index >= 15 is 0 Å². The maximum Gasteiger partial charge on any atom is 0.416 e. The summed E-state index contributed by atoms with van der Waals surface area (Å²) >= 11 is 0. The smallest absolute Gasteiger partial charge is 0.379 e. The molecule has 39 heavy (non-hydrogen) atoms. The Labute approximate surface area is 223 Å². The van der Waals surface area contributed by atoms with Gasteiger partial charge in [-0.2, -0.15) is 18.3 Å². The third-order valence-corrected chi connectivity index (χ3v) is 6.62. The van der Waals surface area contributed by atoms with Crippen molar-refractivity contribution in [2.24, 2.45) is 0 Å². The van der Waals surface area contributed by atoms with E-state index in [1.165, 1.54) is 12.1 Å². The highest BCUT2D eigenvalue weighted by atomic mass is 19.4. The van der Waals surface area contributed by atoms with Gasteiger partial charge in [0, 0.05) is 53.6 Å². The van der Waals surface area contributed by atoms with Crippen LogP contribution in [0.3, 0.4) is 0 Å². The van der Waals surface area contributed by atoms with Gasteiger partial charge in [0.15, 0.2) is 5.65 Å². The minimum absolute atomic E-state index is 0.0705. The van der Waals surface area contributed by atoms with Crippen LogP contribution in [0.15, 0.2) is 48.7 Å². The molecule has 200 valence electrons. The number of ether oxygens (including phenoxy) is 1. The van der Waals surface area contributed by atoms with Gasteiger partial charge in [-0.15, -0.1) is 0 Å². The fourth-order valence-corrected chi connectivity index (χ4v) is 4.39. The largest absolute Gasteiger partial charge is 0.416 e. The van der Waals surface area contributed by atoms with Crippen LogP contribution in [0.2, 0.25) is 0 Å². The Morgan fingerprint density at radius 3 is 2.67 bits per heavy atom. The molecule has 2 N–H and O–H groups in total. The Balaban J connectivity index is 1.35. The van der Waals surface area contributed by atoms with Crippen molar-refractivity contribution in [3.63, 3.8) is 0 Å². The Bertz CT molecular complexity index is 1590. The molecule has 4 aromatic rings. The number of carbonyl (C=O) groups is 1. The van der Waals surface area contributed by atoms with Crippen LogP contribution in [0.25, 0.3) is 11.0 Å². The summed E-state index contributed by atoms with van der Waals surface area (Å²) in [5, 5.41) is 10.5. The van der Waals surface area contributed by atoms with E-state index in [1.54, 1.807) is 24.4 Å². The van der Waals surface area contributed by atoms with Crippen LogP contribution in [-0.4, -0.2) is 52.3 Å². The molecule has 0 aliphatic carbocycles. The van der Waals surface area contributed by atoms with Crippen LogP contribution in [0.5, 0.6) is 0 Å². The molecule has 2 aromatic carbocycles. The second kappa shape index (κ2) is 10.9. The number of hydrogen-bond donors (Lipinski definition) is 2. The number of hydrogen-bond acceptors (Lipinski definition) is 5. The predicted octanol–water partition coefficient (Wildman–Crippen LogP) is 5.08. The molecule has 7 nitrogen and oxygen atoms in total. The van der Waals surface area contributed by atoms with E-state index < -0.39 is 17.6 Å². The van der Waals surface area contributed by atoms with Gasteiger partial charge in [-0.3, -0.25) is 14.8 Å². The number of morpholine rings is 1. The Hall–Kier alpha value is -4.20. The lowest BCUT2D eigenvalue weighted by Crippen LogP contribution is -2.36. The number of pyridine rings is 1. The topological polar surface area (TPSA) is 83.1 Å². The zero-order valence-corrected chi connectivity index (χ0v) is 21.4. The number of alkyl halides is 3. The molecule has 0 saturated carbocycles. The maximum atomic E-state index is 13.9. The fourth-order valence-electron chi connectivity index (χ4n) is 4.39. The second-order valence-corrected chi connectivity index (χ2v) is 9.42. The molecule has 0 radical (unpaired) electrons. The summed E-state index contributed by atoms with van der Waals surface area (Å²) in [7, 11) is 0. The fraction of sp³-hybridized carbons (Fsp3) is 0.276. The Kier molecular flexibility index (Phi) is 7.37. The van der Waals surface area contributed by atoms with Crippen molar-refractivity contribution in [3.8, 4) is 11.8 Å². The van der Waals surface area contributed by atoms with Crippen LogP contribution < -0.4 is 5.32 Å². The second-order valence-electron chi connectivity index (χ2n) is 9.42. The highest BCUT2D eigenvalue weighted by molar-refractivity contribution is 6.04. The van der Waals surface area contributed by atoms with Gasteiger partial charge >= 0.3 is 6.18 Å². The molecule has 5 rings (SSSR count). The number of aromatic nitrogens is 3. The van der Waals surface area contributed by atoms with Crippen molar-refractivity contribution in [2.45, 2.75) is 26.6 Å². The number of aromatic amines is 1. The first kappa shape index (κ1) is 26.4. The van der Waals surface area contributed by atoms with Gasteiger partial charge in [0.25, 0.3) is 5.91 Å². The normalized spacial score (nSPS) is 14.2. The molecule has 1 aliphatic rings. The van der Waals surface area contributed by atoms with E-state index in [2.05, 4.69) is 32.3 Å². The van der Waals surface area contributed by atoms with Crippen molar-refractivity contribution < 1.29 is 22.7 Å². The van der Waals surface area contributed by atoms with Gasteiger partial charge in [0.1, 0.15) is 0 Å². The number of benzene rings is 2. The summed E-state index contributed by atoms with van der Waals surface area (Å²) in [6.07, 6.45) is -2.92. The lowest BCUT2D eigenvalue weighted by Gasteiger charge is -2.27. The zero-order chi connectivity index (χ0) is 27.6. The highest BCUT2D eigenvalue weighted by Crippen LogP contribution is 2.34. The molecule has 0 bridgehead atoms. The number of rotatable bonds is 4. The van der Waals surface area contributed by atoms with Crippen molar-refractivity contribution in [1.82, 2.24) is 20.1 Å². The molecule has 1 amide bonds. The molecule has 3 heterocycles. The number of aryl methyl sites for hydroxylation is 2. The van der Waals surface area contributed by atoms with Crippen LogP contribution in [0, 0.1) is 25.7 Å². The summed E-state index contributed by atoms with van der Waals surface area (Å²) in [5.74, 6) is 5.62. The van der Waals surface area contributed by atoms with Crippen molar-refractivity contribution in [2.75, 3.05) is 31.6 Å². The number of nitrogens with one attached hydrogen (secondary N) is 2. The van der Waals surface area contributed by atoms with E-state index in [0.29, 0.717) is 43.1 Å². The zero-order valence-electron chi connectivity index (χ0n) is 21.4. The number of nitrogens with zero attached hydrogens (tertiary/aromatic N) is 3. The molecule has 1 saturated heterocycles. The van der Waals surface area contributed by atoms with Crippen LogP contribution in [0.4, 0.5) is 18.9 Å². The van der Waals surface area contributed by atoms with Crippen molar-refractivity contribution in [3.05, 3.63) is 87.7 Å². The van der Waals surface area contributed by atoms with Crippen LogP contribution in [0.1, 0.15) is 43.9 Å². The molecule has 0 unspecified atom stereocenters. The first-order valence-corrected chi connectivity index (χ1v) is 12.4. The molecule has 10 heteroatoms. The van der Waals surface area contributed by atoms with Crippen LogP contribution in [-0.2, 0) is 17.5 Å². The van der Waals surface area contributed by atoms with E-state index in [9.17, 15) is 18.0 Å². The first-order chi connectivity index (χ1) is 18.7. The average Bonchev–Trinajstić information content (AvgIpc) is 3.29. The SMILES string of the molecule is Cc1ccc(C(=O)Nc2ccc(CN3CCOCC3)c(C(F)(F)F)c2)cc1C#Cc1cnc2[nH]nc(C)c2c1. The molecule has 1 aliphatic heterocycles. The van der Waals surface area contributed by atoms with E-state index in [4.69, 9.17) is 4.74 Å². The van der Waals surface area contributed by atoms with Gasteiger partial charge in [-0.25, -0.2) is 4.98 Å². The Morgan fingerprint density at radius 1 is 1.10 bits per heavy atom. The number of anilines is 1. The predicted molar refractivity (Wildman–Crippen MR) is 141 cm³/mol. The van der Waals surface area contributed by atoms with Gasteiger partial charge < -0.3 is 10.1 Å². The van der Waals surface area contributed by atoms with Gasteiger partial charge in [0.2, 0.25) is 0 Å². The van der Waals surface area contributed by atoms with Gasteiger partial charge in [0.05, 0.1) is 24.5 Å². The number of halogens is 3. The maximum absolute atomic E-state index is 13.9. The summed E-state index contributed by atoms with van der Waals surface area (Å²) in [6, 6.07) is 10.8. The standard InChI is InChI=1S/C29H26F3N5O2/c1-18-3-5-22(14-21(18)6-4-20-13-25-19(2)35-36-27(25)33-16-20)28(38)34-24-8-7-23(26(15-24)29(30,31)32)17-37-9-11-39-12-10-37/h3,5,7-8,13-16H,9-12,17H2,1-2H3,(H,34,38)(H,33,35,36). The monoisotopic (exact) mass is 533 g/mol. The van der Waals surface area contributed by atoms with E-state index in [1.807, 2.05) is 24.8 Å². The number of H-pyrrole nitrogens is 1. The van der Waals surface area contributed by atoms with E-state index in [-0.39, 0.29) is 23.4 Å². The number of carbonyl (C=O) groups excluding carboxylic acids is 1. The number of amides is 1. The summed E-state index contributed by atoms with van der Waals surface area (Å²) in [5.41, 5.74) is 3.43. The highest BCUT2D eigenvalue weighted by Gasteiger charge is 2.34. The van der Waals surface area contributed by atoms with Crippen molar-refractivity contribution in [1.29, 1.82) is 0 Å². The summed E-state index contributed by atoms with van der Waals surface area (Å²) < 4.78 is 46.9. The Morgan fingerprint density at radius 2 is 1.90 bits per heavy atom. The lowest BCUT2D eigenvalue weighted by atomic mass is 10.0. The molecule has 0 spiro atoms. The lowest BCUT2D eigenvalue weighted by molar-refractivity contribution is -0.138. The summed E-state index contributed by atoms with van der Waals surface area (Å²) in [4.78, 5) is 19.2. The minimum Gasteiger partial charge on any atom is -0.379 e. The number of fused-ring (bicyclic) bond motifs is 1. The van der Waals surface area contributed by atoms with Crippen LogP contribution >= 0.6 is 0 Å². The molecule has 2 aromatic heterocycles. The molecule has 1 fully saturated rings. The third kappa shape index (κ3) is 6.11.